The van der Waals surface area contributed by atoms with Gasteiger partial charge in [0.05, 0.1) is 12.2 Å². The van der Waals surface area contributed by atoms with Crippen LogP contribution in [0.25, 0.3) is 0 Å². The maximum Gasteiger partial charge on any atom is 0.0971 e. The molecule has 1 aromatic rings. The molecule has 0 saturated carbocycles. The molecule has 1 aromatic carbocycles. The fourth-order valence-corrected chi connectivity index (χ4v) is 2.28. The van der Waals surface area contributed by atoms with Crippen LogP contribution in [0.15, 0.2) is 24.3 Å². The molecule has 0 spiro atoms. The van der Waals surface area contributed by atoms with Crippen molar-refractivity contribution in [3.05, 3.63) is 29.8 Å². The number of nitrogens with two attached hydrogens (primary N) is 1. The first-order valence-corrected chi connectivity index (χ1v) is 5.85. The lowest BCUT2D eigenvalue weighted by Crippen LogP contribution is -2.27. The van der Waals surface area contributed by atoms with Crippen molar-refractivity contribution in [2.45, 2.75) is 18.8 Å². The van der Waals surface area contributed by atoms with E-state index in [1.165, 1.54) is 5.56 Å². The molecule has 0 bridgehead atoms. The van der Waals surface area contributed by atoms with Crippen LogP contribution in [0.4, 0.5) is 5.69 Å². The van der Waals surface area contributed by atoms with Gasteiger partial charge in [-0.15, -0.1) is 0 Å². The third-order valence-corrected chi connectivity index (χ3v) is 3.28. The highest BCUT2D eigenvalue weighted by atomic mass is 16.5. The lowest BCUT2D eigenvalue weighted by atomic mass is 10.2. The SMILES string of the molecule is COC1CN(Cc2ccc(N)cc2)CC1OC. The molecular formula is C13H20N2O2. The average molecular weight is 236 g/mol. The van der Waals surface area contributed by atoms with Crippen LogP contribution in [0.3, 0.4) is 0 Å². The van der Waals surface area contributed by atoms with Gasteiger partial charge in [0.15, 0.2) is 0 Å². The van der Waals surface area contributed by atoms with Gasteiger partial charge in [0.1, 0.15) is 0 Å². The highest BCUT2D eigenvalue weighted by Gasteiger charge is 2.32. The molecule has 1 saturated heterocycles. The number of hydrogen-bond acceptors (Lipinski definition) is 4. The van der Waals surface area contributed by atoms with Crippen molar-refractivity contribution in [3.63, 3.8) is 0 Å². The third kappa shape index (κ3) is 2.97. The Morgan fingerprint density at radius 1 is 1.12 bits per heavy atom. The highest BCUT2D eigenvalue weighted by Crippen LogP contribution is 2.18. The molecule has 17 heavy (non-hydrogen) atoms. The van der Waals surface area contributed by atoms with Gasteiger partial charge in [-0.3, -0.25) is 4.90 Å². The zero-order chi connectivity index (χ0) is 12.3. The molecule has 1 heterocycles. The predicted molar refractivity (Wildman–Crippen MR) is 67.7 cm³/mol. The second-order valence-electron chi connectivity index (χ2n) is 4.48. The largest absolute Gasteiger partial charge is 0.399 e. The Morgan fingerprint density at radius 2 is 1.65 bits per heavy atom. The molecule has 2 N–H and O–H groups in total. The standard InChI is InChI=1S/C13H20N2O2/c1-16-12-8-15(9-13(12)17-2)7-10-3-5-11(14)6-4-10/h3-6,12-13H,7-9,14H2,1-2H3. The van der Waals surface area contributed by atoms with Crippen molar-refractivity contribution in [1.29, 1.82) is 0 Å². The summed E-state index contributed by atoms with van der Waals surface area (Å²) in [5, 5.41) is 0. The van der Waals surface area contributed by atoms with Gasteiger partial charge >= 0.3 is 0 Å². The molecule has 2 atom stereocenters. The Bertz CT molecular complexity index is 341. The van der Waals surface area contributed by atoms with Gasteiger partial charge in [0, 0.05) is 39.5 Å². The number of anilines is 1. The molecule has 94 valence electrons. The quantitative estimate of drug-likeness (QED) is 0.796. The zero-order valence-electron chi connectivity index (χ0n) is 10.4. The first-order chi connectivity index (χ1) is 8.22. The number of nitrogen functional groups attached to an aromatic ring is 1. The lowest BCUT2D eigenvalue weighted by molar-refractivity contribution is -0.00461. The van der Waals surface area contributed by atoms with E-state index in [0.29, 0.717) is 0 Å². The van der Waals surface area contributed by atoms with E-state index < -0.39 is 0 Å². The van der Waals surface area contributed by atoms with E-state index in [2.05, 4.69) is 17.0 Å². The molecule has 1 aliphatic rings. The molecular weight excluding hydrogens is 216 g/mol. The van der Waals surface area contributed by atoms with Gasteiger partial charge in [-0.05, 0) is 17.7 Å². The first kappa shape index (κ1) is 12.4. The highest BCUT2D eigenvalue weighted by molar-refractivity contribution is 5.39. The van der Waals surface area contributed by atoms with Crippen LogP contribution in [0.2, 0.25) is 0 Å². The minimum Gasteiger partial charge on any atom is -0.399 e. The van der Waals surface area contributed by atoms with E-state index in [9.17, 15) is 0 Å². The second-order valence-corrected chi connectivity index (χ2v) is 4.48. The molecule has 2 unspecified atom stereocenters. The summed E-state index contributed by atoms with van der Waals surface area (Å²) in [5.74, 6) is 0. The maximum absolute atomic E-state index is 5.67. The number of ether oxygens (including phenoxy) is 2. The summed E-state index contributed by atoms with van der Waals surface area (Å²) in [6.45, 7) is 2.75. The zero-order valence-corrected chi connectivity index (χ0v) is 10.4. The van der Waals surface area contributed by atoms with Crippen LogP contribution in [0, 0.1) is 0 Å². The Labute approximate surface area is 102 Å². The summed E-state index contributed by atoms with van der Waals surface area (Å²) in [7, 11) is 3.48. The van der Waals surface area contributed by atoms with Crippen molar-refractivity contribution >= 4 is 5.69 Å². The van der Waals surface area contributed by atoms with E-state index in [-0.39, 0.29) is 12.2 Å². The van der Waals surface area contributed by atoms with Crippen LogP contribution in [-0.2, 0) is 16.0 Å². The molecule has 4 heteroatoms. The number of benzene rings is 1. The maximum atomic E-state index is 5.67. The summed E-state index contributed by atoms with van der Waals surface area (Å²) in [4.78, 5) is 2.34. The summed E-state index contributed by atoms with van der Waals surface area (Å²) in [5.41, 5.74) is 7.74. The number of nitrogens with zero attached hydrogens (tertiary/aromatic N) is 1. The van der Waals surface area contributed by atoms with Crippen LogP contribution in [0.1, 0.15) is 5.56 Å². The van der Waals surface area contributed by atoms with Crippen LogP contribution in [0.5, 0.6) is 0 Å². The molecule has 2 rings (SSSR count). The molecule has 0 aromatic heterocycles. The lowest BCUT2D eigenvalue weighted by Gasteiger charge is -2.15. The van der Waals surface area contributed by atoms with E-state index in [1.54, 1.807) is 14.2 Å². The molecule has 0 aliphatic carbocycles. The normalized spacial score (nSPS) is 25.3. The minimum atomic E-state index is 0.175. The number of rotatable bonds is 4. The minimum absolute atomic E-state index is 0.175. The topological polar surface area (TPSA) is 47.7 Å². The van der Waals surface area contributed by atoms with Gasteiger partial charge in [-0.2, -0.15) is 0 Å². The van der Waals surface area contributed by atoms with Gasteiger partial charge in [-0.1, -0.05) is 12.1 Å². The van der Waals surface area contributed by atoms with E-state index in [4.69, 9.17) is 15.2 Å². The van der Waals surface area contributed by atoms with Crippen molar-refractivity contribution in [3.8, 4) is 0 Å². The van der Waals surface area contributed by atoms with Crippen molar-refractivity contribution in [1.82, 2.24) is 4.90 Å². The average Bonchev–Trinajstić information content (AvgIpc) is 2.74. The van der Waals surface area contributed by atoms with E-state index >= 15 is 0 Å². The second kappa shape index (κ2) is 5.49. The summed E-state index contributed by atoms with van der Waals surface area (Å²) in [6.07, 6.45) is 0.350. The van der Waals surface area contributed by atoms with Crippen molar-refractivity contribution in [2.24, 2.45) is 0 Å². The van der Waals surface area contributed by atoms with Gasteiger partial charge in [-0.25, -0.2) is 0 Å². The Hall–Kier alpha value is -1.10. The summed E-state index contributed by atoms with van der Waals surface area (Å²) >= 11 is 0. The summed E-state index contributed by atoms with van der Waals surface area (Å²) in [6, 6.07) is 8.01. The number of hydrogen-bond donors (Lipinski definition) is 1. The van der Waals surface area contributed by atoms with Crippen LogP contribution < -0.4 is 5.73 Å². The predicted octanol–water partition coefficient (Wildman–Crippen LogP) is 1.11. The molecule has 0 radical (unpaired) electrons. The van der Waals surface area contributed by atoms with E-state index in [1.807, 2.05) is 12.1 Å². The third-order valence-electron chi connectivity index (χ3n) is 3.28. The van der Waals surface area contributed by atoms with E-state index in [0.717, 1.165) is 25.3 Å². The van der Waals surface area contributed by atoms with Crippen molar-refractivity contribution < 1.29 is 9.47 Å². The van der Waals surface area contributed by atoms with Gasteiger partial charge in [0.2, 0.25) is 0 Å². The molecule has 1 aliphatic heterocycles. The molecule has 0 amide bonds. The summed E-state index contributed by atoms with van der Waals surface area (Å²) < 4.78 is 10.8. The fourth-order valence-electron chi connectivity index (χ4n) is 2.28. The number of methoxy groups -OCH3 is 2. The first-order valence-electron chi connectivity index (χ1n) is 5.85. The Morgan fingerprint density at radius 3 is 2.12 bits per heavy atom. The Kier molecular flexibility index (Phi) is 3.99. The Balaban J connectivity index is 1.94. The fraction of sp³-hybridized carbons (Fsp3) is 0.538. The molecule has 1 fully saturated rings. The van der Waals surface area contributed by atoms with Crippen LogP contribution in [-0.4, -0.2) is 44.4 Å². The number of likely N-dealkylation sites (tertiary alicyclic amines) is 1. The monoisotopic (exact) mass is 236 g/mol. The van der Waals surface area contributed by atoms with Gasteiger partial charge in [0.25, 0.3) is 0 Å². The smallest absolute Gasteiger partial charge is 0.0971 e. The molecule has 4 nitrogen and oxygen atoms in total. The van der Waals surface area contributed by atoms with Gasteiger partial charge < -0.3 is 15.2 Å². The van der Waals surface area contributed by atoms with Crippen LogP contribution >= 0.6 is 0 Å². The van der Waals surface area contributed by atoms with Crippen molar-refractivity contribution in [2.75, 3.05) is 33.0 Å².